The molecule has 1 fully saturated rings. The topological polar surface area (TPSA) is 57.3 Å². The molecule has 1 aromatic rings. The van der Waals surface area contributed by atoms with Crippen molar-refractivity contribution < 1.29 is 4.79 Å². The van der Waals surface area contributed by atoms with Crippen LogP contribution in [0.4, 0.5) is 5.82 Å². The van der Waals surface area contributed by atoms with Crippen LogP contribution < -0.4 is 15.5 Å². The average molecular weight is 290 g/mol. The second kappa shape index (κ2) is 7.98. The molecule has 0 spiro atoms. The van der Waals surface area contributed by atoms with Crippen LogP contribution in [0.5, 0.6) is 0 Å². The highest BCUT2D eigenvalue weighted by molar-refractivity contribution is 5.94. The summed E-state index contributed by atoms with van der Waals surface area (Å²) in [5.74, 6) is 0.913. The third kappa shape index (κ3) is 4.43. The van der Waals surface area contributed by atoms with Crippen molar-refractivity contribution in [1.82, 2.24) is 15.6 Å². The maximum atomic E-state index is 12.2. The predicted molar refractivity (Wildman–Crippen MR) is 85.8 cm³/mol. The number of pyridine rings is 1. The Bertz CT molecular complexity index is 440. The zero-order valence-electron chi connectivity index (χ0n) is 13.1. The van der Waals surface area contributed by atoms with Crippen LogP contribution >= 0.6 is 0 Å². The van der Waals surface area contributed by atoms with Crippen molar-refractivity contribution in [2.45, 2.75) is 39.2 Å². The van der Waals surface area contributed by atoms with Gasteiger partial charge in [0.15, 0.2) is 0 Å². The number of aromatic nitrogens is 1. The molecule has 5 heteroatoms. The molecule has 0 radical (unpaired) electrons. The third-order valence-corrected chi connectivity index (χ3v) is 3.84. The monoisotopic (exact) mass is 290 g/mol. The van der Waals surface area contributed by atoms with E-state index in [9.17, 15) is 4.79 Å². The summed E-state index contributed by atoms with van der Waals surface area (Å²) in [6, 6.07) is 4.04. The standard InChI is InChI=1S/C16H26N4O/c1-3-10-20(4-2)15-8-7-13(11-18-15)16(21)19-14-6-5-9-17-12-14/h7-8,11,14,17H,3-6,9-10,12H2,1-2H3,(H,19,21)/t14-/m0/s1. The molecule has 5 nitrogen and oxygen atoms in total. The van der Waals surface area contributed by atoms with Gasteiger partial charge in [-0.05, 0) is 44.9 Å². The Kier molecular flexibility index (Phi) is 5.99. The van der Waals surface area contributed by atoms with Crippen molar-refractivity contribution in [3.63, 3.8) is 0 Å². The van der Waals surface area contributed by atoms with Gasteiger partial charge in [0, 0.05) is 31.9 Å². The van der Waals surface area contributed by atoms with Gasteiger partial charge in [0.05, 0.1) is 5.56 Å². The molecule has 1 amide bonds. The minimum absolute atomic E-state index is 0.0266. The van der Waals surface area contributed by atoms with Gasteiger partial charge < -0.3 is 15.5 Å². The highest BCUT2D eigenvalue weighted by atomic mass is 16.1. The molecule has 0 aliphatic carbocycles. The fourth-order valence-corrected chi connectivity index (χ4v) is 2.66. The molecule has 2 heterocycles. The van der Waals surface area contributed by atoms with Crippen molar-refractivity contribution in [3.8, 4) is 0 Å². The molecular weight excluding hydrogens is 264 g/mol. The van der Waals surface area contributed by atoms with Crippen LogP contribution in [0, 0.1) is 0 Å². The Hall–Kier alpha value is -1.62. The number of rotatable bonds is 6. The smallest absolute Gasteiger partial charge is 0.253 e. The maximum Gasteiger partial charge on any atom is 0.253 e. The summed E-state index contributed by atoms with van der Waals surface area (Å²) in [4.78, 5) is 18.8. The Morgan fingerprint density at radius 1 is 1.48 bits per heavy atom. The van der Waals surface area contributed by atoms with Gasteiger partial charge in [0.25, 0.3) is 5.91 Å². The molecular formula is C16H26N4O. The zero-order chi connectivity index (χ0) is 15.1. The lowest BCUT2D eigenvalue weighted by Gasteiger charge is -2.24. The molecule has 1 saturated heterocycles. The van der Waals surface area contributed by atoms with Crippen molar-refractivity contribution >= 4 is 11.7 Å². The first-order valence-electron chi connectivity index (χ1n) is 7.97. The molecule has 2 N–H and O–H groups in total. The van der Waals surface area contributed by atoms with E-state index in [-0.39, 0.29) is 11.9 Å². The third-order valence-electron chi connectivity index (χ3n) is 3.84. The Morgan fingerprint density at radius 3 is 2.90 bits per heavy atom. The Labute approximate surface area is 127 Å². The van der Waals surface area contributed by atoms with Gasteiger partial charge in [0.2, 0.25) is 0 Å². The van der Waals surface area contributed by atoms with Crippen molar-refractivity contribution in [3.05, 3.63) is 23.9 Å². The van der Waals surface area contributed by atoms with Gasteiger partial charge in [-0.15, -0.1) is 0 Å². The lowest BCUT2D eigenvalue weighted by Crippen LogP contribution is -2.45. The number of hydrogen-bond acceptors (Lipinski definition) is 4. The minimum Gasteiger partial charge on any atom is -0.357 e. The number of carbonyl (C=O) groups is 1. The summed E-state index contributed by atoms with van der Waals surface area (Å²) in [5, 5.41) is 6.37. The average Bonchev–Trinajstić information content (AvgIpc) is 2.54. The van der Waals surface area contributed by atoms with E-state index in [1.54, 1.807) is 6.20 Å². The number of piperidine rings is 1. The number of nitrogens with one attached hydrogen (secondary N) is 2. The Morgan fingerprint density at radius 2 is 2.33 bits per heavy atom. The van der Waals surface area contributed by atoms with E-state index in [0.717, 1.165) is 51.3 Å². The number of hydrogen-bond donors (Lipinski definition) is 2. The van der Waals surface area contributed by atoms with Crippen LogP contribution in [0.2, 0.25) is 0 Å². The van der Waals surface area contributed by atoms with Gasteiger partial charge in [-0.3, -0.25) is 4.79 Å². The second-order valence-corrected chi connectivity index (χ2v) is 5.50. The Balaban J connectivity index is 1.95. The van der Waals surface area contributed by atoms with Crippen LogP contribution in [0.3, 0.4) is 0 Å². The van der Waals surface area contributed by atoms with E-state index in [0.29, 0.717) is 5.56 Å². The number of carbonyl (C=O) groups excluding carboxylic acids is 1. The summed E-state index contributed by atoms with van der Waals surface area (Å²) in [5.41, 5.74) is 0.636. The molecule has 1 atom stereocenters. The first-order valence-corrected chi connectivity index (χ1v) is 7.97. The minimum atomic E-state index is -0.0266. The summed E-state index contributed by atoms with van der Waals surface area (Å²) in [6.07, 6.45) is 4.93. The van der Waals surface area contributed by atoms with E-state index in [1.807, 2.05) is 12.1 Å². The summed E-state index contributed by atoms with van der Waals surface area (Å²) in [7, 11) is 0. The molecule has 1 aliphatic heterocycles. The van der Waals surface area contributed by atoms with Crippen LogP contribution in [0.15, 0.2) is 18.3 Å². The van der Waals surface area contributed by atoms with Crippen molar-refractivity contribution in [1.29, 1.82) is 0 Å². The first-order chi connectivity index (χ1) is 10.2. The SMILES string of the molecule is CCCN(CC)c1ccc(C(=O)N[C@H]2CCCNC2)cn1. The van der Waals surface area contributed by atoms with Gasteiger partial charge in [-0.2, -0.15) is 0 Å². The van der Waals surface area contributed by atoms with Crippen molar-refractivity contribution in [2.75, 3.05) is 31.1 Å². The lowest BCUT2D eigenvalue weighted by molar-refractivity contribution is 0.0930. The highest BCUT2D eigenvalue weighted by Gasteiger charge is 2.16. The normalized spacial score (nSPS) is 18.3. The summed E-state index contributed by atoms with van der Waals surface area (Å²) < 4.78 is 0. The molecule has 0 bridgehead atoms. The van der Waals surface area contributed by atoms with E-state index in [1.165, 1.54) is 0 Å². The molecule has 2 rings (SSSR count). The van der Waals surface area contributed by atoms with Gasteiger partial charge in [-0.25, -0.2) is 4.98 Å². The second-order valence-electron chi connectivity index (χ2n) is 5.50. The molecule has 0 unspecified atom stereocenters. The maximum absolute atomic E-state index is 12.2. The van der Waals surface area contributed by atoms with E-state index in [2.05, 4.69) is 34.4 Å². The van der Waals surface area contributed by atoms with E-state index in [4.69, 9.17) is 0 Å². The van der Waals surface area contributed by atoms with E-state index < -0.39 is 0 Å². The summed E-state index contributed by atoms with van der Waals surface area (Å²) >= 11 is 0. The zero-order valence-corrected chi connectivity index (χ0v) is 13.1. The first kappa shape index (κ1) is 15.8. The highest BCUT2D eigenvalue weighted by Crippen LogP contribution is 2.12. The summed E-state index contributed by atoms with van der Waals surface area (Å²) in [6.45, 7) is 8.10. The molecule has 0 aromatic carbocycles. The molecule has 1 aliphatic rings. The molecule has 21 heavy (non-hydrogen) atoms. The van der Waals surface area contributed by atoms with Crippen LogP contribution in [-0.2, 0) is 0 Å². The predicted octanol–water partition coefficient (Wildman–Crippen LogP) is 1.80. The number of amides is 1. The van der Waals surface area contributed by atoms with Crippen molar-refractivity contribution in [2.24, 2.45) is 0 Å². The van der Waals surface area contributed by atoms with Crippen LogP contribution in [-0.4, -0.2) is 43.1 Å². The fourth-order valence-electron chi connectivity index (χ4n) is 2.66. The largest absolute Gasteiger partial charge is 0.357 e. The fraction of sp³-hybridized carbons (Fsp3) is 0.625. The van der Waals surface area contributed by atoms with Gasteiger partial charge in [0.1, 0.15) is 5.82 Å². The molecule has 0 saturated carbocycles. The lowest BCUT2D eigenvalue weighted by atomic mass is 10.1. The van der Waals surface area contributed by atoms with Crippen LogP contribution in [0.25, 0.3) is 0 Å². The van der Waals surface area contributed by atoms with Crippen LogP contribution in [0.1, 0.15) is 43.5 Å². The van der Waals surface area contributed by atoms with E-state index >= 15 is 0 Å². The molecule has 1 aromatic heterocycles. The quantitative estimate of drug-likeness (QED) is 0.839. The number of anilines is 1. The van der Waals surface area contributed by atoms with Gasteiger partial charge >= 0.3 is 0 Å². The van der Waals surface area contributed by atoms with Gasteiger partial charge in [-0.1, -0.05) is 6.92 Å². The molecule has 116 valence electrons. The number of nitrogens with zero attached hydrogens (tertiary/aromatic N) is 2.